The lowest BCUT2D eigenvalue weighted by atomic mass is 10.2. The summed E-state index contributed by atoms with van der Waals surface area (Å²) in [4.78, 5) is 23.6. The first-order chi connectivity index (χ1) is 13.4. The summed E-state index contributed by atoms with van der Waals surface area (Å²) < 4.78 is 5.38. The maximum atomic E-state index is 12.1. The molecule has 1 heterocycles. The molecule has 0 fully saturated rings. The minimum atomic E-state index is -0.672. The summed E-state index contributed by atoms with van der Waals surface area (Å²) in [6.07, 6.45) is 3.53. The smallest absolute Gasteiger partial charge is 0.280 e. The topological polar surface area (TPSA) is 195 Å². The second-order valence-electron chi connectivity index (χ2n) is 6.07. The molecule has 0 saturated carbocycles. The van der Waals surface area contributed by atoms with Gasteiger partial charge in [-0.05, 0) is 12.8 Å². The molecule has 1 aromatic rings. The van der Waals surface area contributed by atoms with Crippen molar-refractivity contribution in [1.29, 1.82) is 0 Å². The second-order valence-corrected chi connectivity index (χ2v) is 6.43. The first-order valence-electron chi connectivity index (χ1n) is 8.88. The van der Waals surface area contributed by atoms with Gasteiger partial charge in [-0.2, -0.15) is 0 Å². The average molecular weight is 418 g/mol. The number of nitrogens with zero attached hydrogens (tertiary/aromatic N) is 3. The lowest BCUT2D eigenvalue weighted by Crippen LogP contribution is -2.38. The van der Waals surface area contributed by atoms with Crippen molar-refractivity contribution in [2.45, 2.75) is 25.7 Å². The van der Waals surface area contributed by atoms with E-state index < -0.39 is 5.91 Å². The Hall–Kier alpha value is -2.21. The number of nitrogens with two attached hydrogens (primary N) is 3. The van der Waals surface area contributed by atoms with Crippen LogP contribution in [0.25, 0.3) is 0 Å². The molecule has 0 spiro atoms. The van der Waals surface area contributed by atoms with Crippen LogP contribution in [0.3, 0.4) is 0 Å². The zero-order valence-corrected chi connectivity index (χ0v) is 16.4. The third-order valence-electron chi connectivity index (χ3n) is 3.71. The summed E-state index contributed by atoms with van der Waals surface area (Å²) >= 11 is 5.73. The molecule has 0 unspecified atom stereocenters. The molecular formula is C16H28ClN7O4. The van der Waals surface area contributed by atoms with Gasteiger partial charge < -0.3 is 32.2 Å². The average Bonchev–Trinajstić information content (AvgIpc) is 2.66. The molecule has 1 amide bonds. The van der Waals surface area contributed by atoms with Crippen LogP contribution in [0.1, 0.15) is 36.2 Å². The number of aliphatic hydroxyl groups excluding tert-OH is 2. The van der Waals surface area contributed by atoms with Gasteiger partial charge in [-0.3, -0.25) is 15.1 Å². The summed E-state index contributed by atoms with van der Waals surface area (Å²) in [5.74, 6) is -1.17. The summed E-state index contributed by atoms with van der Waals surface area (Å²) in [5, 5.41) is 20.1. The Morgan fingerprint density at radius 3 is 2.50 bits per heavy atom. The predicted octanol–water partition coefficient (Wildman–Crippen LogP) is -0.483. The molecule has 1 rings (SSSR count). The fourth-order valence-corrected chi connectivity index (χ4v) is 2.23. The van der Waals surface area contributed by atoms with Crippen molar-refractivity contribution < 1.29 is 19.7 Å². The van der Waals surface area contributed by atoms with Crippen molar-refractivity contribution in [3.63, 3.8) is 0 Å². The Morgan fingerprint density at radius 2 is 1.82 bits per heavy atom. The molecule has 11 nitrogen and oxygen atoms in total. The number of carbonyl (C=O) groups excluding carboxylic acids is 1. The Bertz CT molecular complexity index is 656. The predicted molar refractivity (Wildman–Crippen MR) is 107 cm³/mol. The Balaban J connectivity index is 2.22. The Morgan fingerprint density at radius 1 is 1.14 bits per heavy atom. The zero-order chi connectivity index (χ0) is 20.9. The number of nitrogens with one attached hydrogen (secondary N) is 1. The number of nitrogen functional groups attached to an aromatic ring is 2. The number of aliphatic hydroxyl groups is 2. The highest BCUT2D eigenvalue weighted by molar-refractivity contribution is 6.31. The Kier molecular flexibility index (Phi) is 11.1. The van der Waals surface area contributed by atoms with Gasteiger partial charge in [0.2, 0.25) is 0 Å². The summed E-state index contributed by atoms with van der Waals surface area (Å²) in [6, 6.07) is 0. The number of carbonyl (C=O) groups is 1. The number of aliphatic imine (C=N–C) groups is 1. The van der Waals surface area contributed by atoms with Gasteiger partial charge in [0.25, 0.3) is 5.91 Å². The van der Waals surface area contributed by atoms with E-state index in [1.54, 1.807) is 0 Å². The minimum absolute atomic E-state index is 0.0541. The normalized spacial score (nSPS) is 11.8. The number of aromatic nitrogens is 2. The van der Waals surface area contributed by atoms with Crippen molar-refractivity contribution in [3.8, 4) is 0 Å². The first-order valence-corrected chi connectivity index (χ1v) is 9.26. The van der Waals surface area contributed by atoms with E-state index in [4.69, 9.17) is 43.8 Å². The fraction of sp³-hybridized carbons (Fsp3) is 0.625. The molecule has 28 heavy (non-hydrogen) atoms. The molecule has 0 aliphatic carbocycles. The highest BCUT2D eigenvalue weighted by Gasteiger charge is 2.16. The maximum Gasteiger partial charge on any atom is 0.280 e. The van der Waals surface area contributed by atoms with Gasteiger partial charge in [-0.25, -0.2) is 9.97 Å². The molecule has 0 radical (unpaired) electrons. The van der Waals surface area contributed by atoms with Crippen LogP contribution in [0.5, 0.6) is 0 Å². The molecule has 0 aromatic carbocycles. The highest BCUT2D eigenvalue weighted by atomic mass is 35.5. The zero-order valence-electron chi connectivity index (χ0n) is 15.6. The van der Waals surface area contributed by atoms with Crippen molar-refractivity contribution in [2.24, 2.45) is 16.6 Å². The third-order valence-corrected chi connectivity index (χ3v) is 3.99. The van der Waals surface area contributed by atoms with E-state index in [1.165, 1.54) is 0 Å². The number of rotatable bonds is 12. The standard InChI is InChI=1S/C16H28ClN7O4/c17-12-14(19)23-13(18)11(22-12)15(27)24-16(20)21-5-3-1-2-4-6-28-9-10(7-25)8-26/h10,25-26H,1-9H2,(H4,18,19,23)(H3,20,21,24,27). The van der Waals surface area contributed by atoms with Gasteiger partial charge in [0.15, 0.2) is 28.4 Å². The van der Waals surface area contributed by atoms with Crippen molar-refractivity contribution >= 4 is 35.1 Å². The van der Waals surface area contributed by atoms with Crippen LogP contribution in [0.15, 0.2) is 4.99 Å². The van der Waals surface area contributed by atoms with E-state index in [1.807, 2.05) is 0 Å². The van der Waals surface area contributed by atoms with Gasteiger partial charge >= 0.3 is 0 Å². The van der Waals surface area contributed by atoms with Crippen molar-refractivity contribution in [2.75, 3.05) is 44.4 Å². The van der Waals surface area contributed by atoms with Crippen LogP contribution in [-0.4, -0.2) is 65.0 Å². The van der Waals surface area contributed by atoms with E-state index in [2.05, 4.69) is 20.3 Å². The van der Waals surface area contributed by atoms with E-state index in [-0.39, 0.29) is 47.6 Å². The fourth-order valence-electron chi connectivity index (χ4n) is 2.11. The number of guanidine groups is 1. The van der Waals surface area contributed by atoms with Crippen LogP contribution in [0.4, 0.5) is 11.6 Å². The summed E-state index contributed by atoms with van der Waals surface area (Å²) in [6.45, 7) is 1.20. The second kappa shape index (κ2) is 13.0. The van der Waals surface area contributed by atoms with Gasteiger partial charge in [-0.15, -0.1) is 0 Å². The molecule has 1 aromatic heterocycles. The van der Waals surface area contributed by atoms with Gasteiger partial charge in [0, 0.05) is 19.1 Å². The van der Waals surface area contributed by atoms with Crippen LogP contribution >= 0.6 is 11.6 Å². The van der Waals surface area contributed by atoms with E-state index in [9.17, 15) is 4.79 Å². The molecule has 0 saturated heterocycles. The lowest BCUT2D eigenvalue weighted by Gasteiger charge is -2.11. The monoisotopic (exact) mass is 417 g/mol. The Labute approximate surface area is 168 Å². The quantitative estimate of drug-likeness (QED) is 0.148. The molecule has 158 valence electrons. The molecule has 0 atom stereocenters. The summed E-state index contributed by atoms with van der Waals surface area (Å²) in [5.41, 5.74) is 16.6. The lowest BCUT2D eigenvalue weighted by molar-refractivity contribution is 0.0436. The molecule has 0 bridgehead atoms. The highest BCUT2D eigenvalue weighted by Crippen LogP contribution is 2.17. The van der Waals surface area contributed by atoms with Crippen LogP contribution in [0.2, 0.25) is 5.15 Å². The van der Waals surface area contributed by atoms with Crippen molar-refractivity contribution in [1.82, 2.24) is 15.3 Å². The van der Waals surface area contributed by atoms with Crippen molar-refractivity contribution in [3.05, 3.63) is 10.8 Å². The largest absolute Gasteiger partial charge is 0.396 e. The van der Waals surface area contributed by atoms with Gasteiger partial charge in [0.05, 0.1) is 19.8 Å². The third kappa shape index (κ3) is 8.65. The molecule has 12 heteroatoms. The molecule has 0 aliphatic heterocycles. The first kappa shape index (κ1) is 23.8. The van der Waals surface area contributed by atoms with Crippen LogP contribution in [0, 0.1) is 5.92 Å². The van der Waals surface area contributed by atoms with E-state index in [0.29, 0.717) is 19.8 Å². The van der Waals surface area contributed by atoms with E-state index >= 15 is 0 Å². The minimum Gasteiger partial charge on any atom is -0.396 e. The number of hydrogen-bond acceptors (Lipinski definition) is 9. The van der Waals surface area contributed by atoms with E-state index in [0.717, 1.165) is 25.7 Å². The SMILES string of the molecule is NC(=NCCCCCCOCC(CO)CO)NC(=O)c1nc(Cl)c(N)nc1N. The number of hydrogen-bond donors (Lipinski definition) is 6. The molecular weight excluding hydrogens is 390 g/mol. The van der Waals surface area contributed by atoms with Gasteiger partial charge in [-0.1, -0.05) is 24.4 Å². The number of ether oxygens (including phenoxy) is 1. The van der Waals surface area contributed by atoms with Crippen LogP contribution in [-0.2, 0) is 4.74 Å². The summed E-state index contributed by atoms with van der Waals surface area (Å²) in [7, 11) is 0. The number of halogens is 1. The molecule has 9 N–H and O–H groups in total. The number of unbranched alkanes of at least 4 members (excludes halogenated alkanes) is 3. The van der Waals surface area contributed by atoms with Crippen LogP contribution < -0.4 is 22.5 Å². The van der Waals surface area contributed by atoms with Gasteiger partial charge in [0.1, 0.15) is 0 Å². The number of amides is 1. The maximum absolute atomic E-state index is 12.1. The molecule has 0 aliphatic rings. The number of anilines is 2.